The van der Waals surface area contributed by atoms with Crippen molar-refractivity contribution in [2.24, 2.45) is 5.73 Å². The largest absolute Gasteiger partial charge is 0.381 e. The molecular formula is C8H19NO. The lowest BCUT2D eigenvalue weighted by Gasteiger charge is -1.91. The van der Waals surface area contributed by atoms with E-state index < -0.39 is 0 Å². The second kappa shape index (κ2) is 7.03. The van der Waals surface area contributed by atoms with Crippen LogP contribution in [0.5, 0.6) is 0 Å². The Balaban J connectivity index is 0.000000162. The van der Waals surface area contributed by atoms with Crippen molar-refractivity contribution in [2.45, 2.75) is 39.2 Å². The van der Waals surface area contributed by atoms with E-state index in [0.29, 0.717) is 6.04 Å². The molecule has 0 radical (unpaired) electrons. The minimum absolute atomic E-state index is 0.384. The maximum absolute atomic E-state index is 5.29. The molecule has 2 heteroatoms. The number of nitrogens with two attached hydrogens (primary N) is 1. The Hall–Kier alpha value is -0.0800. The first-order valence-corrected chi connectivity index (χ1v) is 4.10. The van der Waals surface area contributed by atoms with Crippen molar-refractivity contribution in [1.29, 1.82) is 0 Å². The van der Waals surface area contributed by atoms with E-state index in [-0.39, 0.29) is 0 Å². The highest BCUT2D eigenvalue weighted by Gasteiger charge is 1.94. The monoisotopic (exact) mass is 145 g/mol. The van der Waals surface area contributed by atoms with Gasteiger partial charge in [0.1, 0.15) is 0 Å². The summed E-state index contributed by atoms with van der Waals surface area (Å²) >= 11 is 0. The first-order chi connectivity index (χ1) is 4.77. The standard InChI is InChI=1S/C4H11N.C4H8O/c1-3-4(2)5;1-2-4-5-3-1/h4H,3,5H2,1-2H3;1-4H2. The second-order valence-electron chi connectivity index (χ2n) is 2.71. The van der Waals surface area contributed by atoms with Crippen LogP contribution >= 0.6 is 0 Å². The lowest BCUT2D eigenvalue weighted by Crippen LogP contribution is -2.11. The molecular weight excluding hydrogens is 126 g/mol. The molecule has 1 heterocycles. The minimum Gasteiger partial charge on any atom is -0.381 e. The molecule has 1 aliphatic heterocycles. The van der Waals surface area contributed by atoms with Crippen LogP contribution < -0.4 is 5.73 Å². The summed E-state index contributed by atoms with van der Waals surface area (Å²) in [7, 11) is 0. The fraction of sp³-hybridized carbons (Fsp3) is 1.00. The summed E-state index contributed by atoms with van der Waals surface area (Å²) in [4.78, 5) is 0. The van der Waals surface area contributed by atoms with Gasteiger partial charge in [-0.05, 0) is 26.2 Å². The van der Waals surface area contributed by atoms with Crippen molar-refractivity contribution in [1.82, 2.24) is 0 Å². The number of hydrogen-bond donors (Lipinski definition) is 1. The molecule has 0 aromatic carbocycles. The van der Waals surface area contributed by atoms with Gasteiger partial charge in [-0.1, -0.05) is 6.92 Å². The zero-order valence-corrected chi connectivity index (χ0v) is 7.10. The van der Waals surface area contributed by atoms with Gasteiger partial charge in [-0.2, -0.15) is 0 Å². The zero-order chi connectivity index (χ0) is 7.82. The van der Waals surface area contributed by atoms with E-state index in [1.165, 1.54) is 12.8 Å². The van der Waals surface area contributed by atoms with Crippen molar-refractivity contribution < 1.29 is 4.74 Å². The number of rotatable bonds is 1. The predicted molar refractivity (Wildman–Crippen MR) is 44.0 cm³/mol. The van der Waals surface area contributed by atoms with Gasteiger partial charge in [-0.3, -0.25) is 0 Å². The second-order valence-corrected chi connectivity index (χ2v) is 2.71. The maximum atomic E-state index is 5.29. The highest BCUT2D eigenvalue weighted by Crippen LogP contribution is 1.98. The third kappa shape index (κ3) is 7.92. The zero-order valence-electron chi connectivity index (χ0n) is 7.10. The lowest BCUT2D eigenvalue weighted by molar-refractivity contribution is 0.198. The van der Waals surface area contributed by atoms with Gasteiger partial charge in [0.05, 0.1) is 0 Å². The van der Waals surface area contributed by atoms with Crippen LogP contribution in [0.1, 0.15) is 33.1 Å². The van der Waals surface area contributed by atoms with E-state index in [1.54, 1.807) is 0 Å². The van der Waals surface area contributed by atoms with E-state index >= 15 is 0 Å². The molecule has 0 amide bonds. The highest BCUT2D eigenvalue weighted by molar-refractivity contribution is 4.43. The molecule has 1 unspecified atom stereocenters. The van der Waals surface area contributed by atoms with Gasteiger partial charge >= 0.3 is 0 Å². The first-order valence-electron chi connectivity index (χ1n) is 4.10. The van der Waals surface area contributed by atoms with E-state index in [0.717, 1.165) is 19.6 Å². The summed E-state index contributed by atoms with van der Waals surface area (Å²) < 4.78 is 4.94. The first kappa shape index (κ1) is 9.92. The average molecular weight is 145 g/mol. The fourth-order valence-corrected chi connectivity index (χ4v) is 0.510. The predicted octanol–water partition coefficient (Wildman–Crippen LogP) is 1.54. The molecule has 1 rings (SSSR count). The molecule has 10 heavy (non-hydrogen) atoms. The van der Waals surface area contributed by atoms with Crippen LogP contribution in [0.3, 0.4) is 0 Å². The van der Waals surface area contributed by atoms with Crippen LogP contribution in [-0.2, 0) is 4.74 Å². The number of hydrogen-bond acceptors (Lipinski definition) is 2. The molecule has 0 aromatic heterocycles. The Labute approximate surface area is 63.7 Å². The van der Waals surface area contributed by atoms with Crippen molar-refractivity contribution in [3.8, 4) is 0 Å². The van der Waals surface area contributed by atoms with Gasteiger partial charge in [0, 0.05) is 19.3 Å². The fourth-order valence-electron chi connectivity index (χ4n) is 0.510. The van der Waals surface area contributed by atoms with E-state index in [2.05, 4.69) is 6.92 Å². The highest BCUT2D eigenvalue weighted by atomic mass is 16.5. The third-order valence-electron chi connectivity index (χ3n) is 1.47. The lowest BCUT2D eigenvalue weighted by atomic mass is 10.3. The molecule has 1 atom stereocenters. The van der Waals surface area contributed by atoms with Gasteiger partial charge < -0.3 is 10.5 Å². The average Bonchev–Trinajstić information content (AvgIpc) is 2.43. The molecule has 0 spiro atoms. The summed E-state index contributed by atoms with van der Waals surface area (Å²) in [6, 6.07) is 0.384. The summed E-state index contributed by atoms with van der Waals surface area (Å²) in [5.74, 6) is 0. The van der Waals surface area contributed by atoms with Crippen LogP contribution in [0.15, 0.2) is 0 Å². The summed E-state index contributed by atoms with van der Waals surface area (Å²) in [6.45, 7) is 6.07. The Kier molecular flexibility index (Phi) is 6.98. The summed E-state index contributed by atoms with van der Waals surface area (Å²) in [5.41, 5.74) is 5.29. The third-order valence-corrected chi connectivity index (χ3v) is 1.47. The van der Waals surface area contributed by atoms with Crippen molar-refractivity contribution in [3.63, 3.8) is 0 Å². The molecule has 0 saturated carbocycles. The molecule has 2 nitrogen and oxygen atoms in total. The van der Waals surface area contributed by atoms with Gasteiger partial charge in [0.25, 0.3) is 0 Å². The summed E-state index contributed by atoms with van der Waals surface area (Å²) in [5, 5.41) is 0. The molecule has 0 bridgehead atoms. The van der Waals surface area contributed by atoms with E-state index in [4.69, 9.17) is 10.5 Å². The quantitative estimate of drug-likeness (QED) is 0.607. The van der Waals surface area contributed by atoms with Crippen molar-refractivity contribution >= 4 is 0 Å². The molecule has 62 valence electrons. The van der Waals surface area contributed by atoms with Crippen LogP contribution in [-0.4, -0.2) is 19.3 Å². The van der Waals surface area contributed by atoms with Gasteiger partial charge in [0.15, 0.2) is 0 Å². The van der Waals surface area contributed by atoms with E-state index in [9.17, 15) is 0 Å². The molecule has 2 N–H and O–H groups in total. The van der Waals surface area contributed by atoms with Crippen LogP contribution in [0, 0.1) is 0 Å². The minimum atomic E-state index is 0.384. The Bertz CT molecular complexity index is 52.7. The SMILES string of the molecule is C1CCOC1.CCC(C)N. The molecule has 1 fully saturated rings. The van der Waals surface area contributed by atoms with Crippen molar-refractivity contribution in [2.75, 3.05) is 13.2 Å². The van der Waals surface area contributed by atoms with Gasteiger partial charge in [0.2, 0.25) is 0 Å². The molecule has 1 aliphatic rings. The normalized spacial score (nSPS) is 19.5. The molecule has 0 aromatic rings. The van der Waals surface area contributed by atoms with Crippen LogP contribution in [0.2, 0.25) is 0 Å². The van der Waals surface area contributed by atoms with Gasteiger partial charge in [-0.25, -0.2) is 0 Å². The Morgan fingerprint density at radius 2 is 1.80 bits per heavy atom. The van der Waals surface area contributed by atoms with Crippen LogP contribution in [0.4, 0.5) is 0 Å². The Morgan fingerprint density at radius 1 is 1.40 bits per heavy atom. The molecule has 1 saturated heterocycles. The smallest absolute Gasteiger partial charge is 0.0466 e. The number of ether oxygens (including phenoxy) is 1. The van der Waals surface area contributed by atoms with Crippen molar-refractivity contribution in [3.05, 3.63) is 0 Å². The summed E-state index contributed by atoms with van der Waals surface area (Å²) in [6.07, 6.45) is 3.64. The Morgan fingerprint density at radius 3 is 1.90 bits per heavy atom. The van der Waals surface area contributed by atoms with E-state index in [1.807, 2.05) is 6.92 Å². The topological polar surface area (TPSA) is 35.2 Å². The molecule has 0 aliphatic carbocycles. The van der Waals surface area contributed by atoms with Crippen LogP contribution in [0.25, 0.3) is 0 Å². The van der Waals surface area contributed by atoms with Gasteiger partial charge in [-0.15, -0.1) is 0 Å². The maximum Gasteiger partial charge on any atom is 0.0466 e.